The van der Waals surface area contributed by atoms with E-state index in [2.05, 4.69) is 27.1 Å². The highest BCUT2D eigenvalue weighted by Gasteiger charge is 2.20. The van der Waals surface area contributed by atoms with E-state index in [9.17, 15) is 9.90 Å². The third-order valence-corrected chi connectivity index (χ3v) is 4.74. The van der Waals surface area contributed by atoms with Crippen LogP contribution in [-0.2, 0) is 24.1 Å². The highest BCUT2D eigenvalue weighted by Crippen LogP contribution is 2.25. The van der Waals surface area contributed by atoms with Crippen LogP contribution in [0.5, 0.6) is 0 Å². The summed E-state index contributed by atoms with van der Waals surface area (Å²) in [6, 6.07) is 7.63. The Hall–Kier alpha value is -2.67. The van der Waals surface area contributed by atoms with Crippen LogP contribution in [0.2, 0.25) is 0 Å². The summed E-state index contributed by atoms with van der Waals surface area (Å²) in [5, 5.41) is 12.4. The molecular formula is C20H26N4O3. The first-order valence-electron chi connectivity index (χ1n) is 9.24. The molecule has 2 heterocycles. The number of nitrogens with one attached hydrogen (secondary N) is 1. The number of aromatic nitrogens is 2. The van der Waals surface area contributed by atoms with Gasteiger partial charge < -0.3 is 20.1 Å². The van der Waals surface area contributed by atoms with E-state index >= 15 is 0 Å². The van der Waals surface area contributed by atoms with Crippen LogP contribution >= 0.6 is 0 Å². The van der Waals surface area contributed by atoms with Crippen molar-refractivity contribution in [1.82, 2.24) is 9.97 Å². The summed E-state index contributed by atoms with van der Waals surface area (Å²) in [6.07, 6.45) is 1.64. The summed E-state index contributed by atoms with van der Waals surface area (Å²) in [5.74, 6) is 1.10. The van der Waals surface area contributed by atoms with Gasteiger partial charge in [0.15, 0.2) is 0 Å². The zero-order valence-electron chi connectivity index (χ0n) is 16.0. The molecule has 0 spiro atoms. The number of aryl methyl sites for hydroxylation is 1. The molecule has 7 heteroatoms. The molecule has 0 unspecified atom stereocenters. The molecule has 0 fully saturated rings. The maximum absolute atomic E-state index is 11.7. The van der Waals surface area contributed by atoms with Gasteiger partial charge in [0, 0.05) is 30.9 Å². The molecular weight excluding hydrogens is 344 g/mol. The number of aliphatic hydroxyl groups excluding tert-OH is 1. The van der Waals surface area contributed by atoms with Gasteiger partial charge in [-0.25, -0.2) is 9.78 Å². The summed E-state index contributed by atoms with van der Waals surface area (Å²) in [4.78, 5) is 23.1. The number of carbonyl (C=O) groups excluding carboxylic acids is 1. The second-order valence-electron chi connectivity index (χ2n) is 6.77. The molecule has 0 aliphatic carbocycles. The van der Waals surface area contributed by atoms with Gasteiger partial charge in [-0.3, -0.25) is 0 Å². The number of aliphatic hydroxyl groups is 1. The Bertz CT molecular complexity index is 825. The van der Waals surface area contributed by atoms with Crippen LogP contribution in [0.1, 0.15) is 41.0 Å². The first-order chi connectivity index (χ1) is 13.0. The zero-order chi connectivity index (χ0) is 19.4. The van der Waals surface area contributed by atoms with Gasteiger partial charge in [0.2, 0.25) is 5.95 Å². The van der Waals surface area contributed by atoms with Crippen LogP contribution in [0.15, 0.2) is 24.3 Å². The monoisotopic (exact) mass is 370 g/mol. The first-order valence-corrected chi connectivity index (χ1v) is 9.24. The lowest BCUT2D eigenvalue weighted by Crippen LogP contribution is -2.32. The third kappa shape index (κ3) is 4.36. The molecule has 3 rings (SSSR count). The van der Waals surface area contributed by atoms with Crippen molar-refractivity contribution >= 4 is 17.7 Å². The lowest BCUT2D eigenvalue weighted by Gasteiger charge is -2.30. The standard InChI is InChI=1S/C20H26N4O3/c1-4-17-10-18(23-20(22-17)21-13(2)12-25)24-8-7-14-9-15(19(26)27-3)5-6-16(14)11-24/h5-6,9-10,13,25H,4,7-8,11-12H2,1-3H3,(H,21,22,23)/t13-/m1/s1. The highest BCUT2D eigenvalue weighted by atomic mass is 16.5. The van der Waals surface area contributed by atoms with E-state index in [0.29, 0.717) is 11.5 Å². The highest BCUT2D eigenvalue weighted by molar-refractivity contribution is 5.89. The number of nitrogens with zero attached hydrogens (tertiary/aromatic N) is 3. The minimum atomic E-state index is -0.308. The van der Waals surface area contributed by atoms with E-state index in [1.807, 2.05) is 31.2 Å². The van der Waals surface area contributed by atoms with Crippen LogP contribution in [-0.4, -0.2) is 47.3 Å². The fourth-order valence-corrected chi connectivity index (χ4v) is 3.15. The van der Waals surface area contributed by atoms with Gasteiger partial charge in [0.1, 0.15) is 5.82 Å². The van der Waals surface area contributed by atoms with Crippen LogP contribution in [0.3, 0.4) is 0 Å². The van der Waals surface area contributed by atoms with Crippen molar-refractivity contribution in [3.05, 3.63) is 46.6 Å². The van der Waals surface area contributed by atoms with Crippen molar-refractivity contribution in [2.75, 3.05) is 30.5 Å². The smallest absolute Gasteiger partial charge is 0.337 e. The van der Waals surface area contributed by atoms with Crippen molar-refractivity contribution in [1.29, 1.82) is 0 Å². The van der Waals surface area contributed by atoms with Gasteiger partial charge in [-0.15, -0.1) is 0 Å². The molecule has 0 bridgehead atoms. The summed E-state index contributed by atoms with van der Waals surface area (Å²) in [6.45, 7) is 5.51. The molecule has 2 N–H and O–H groups in total. The molecule has 2 aromatic rings. The zero-order valence-corrected chi connectivity index (χ0v) is 16.0. The Kier molecular flexibility index (Phi) is 5.91. The minimum absolute atomic E-state index is 0.0225. The Balaban J connectivity index is 1.84. The van der Waals surface area contributed by atoms with E-state index in [0.717, 1.165) is 37.4 Å². The lowest BCUT2D eigenvalue weighted by molar-refractivity contribution is 0.0600. The predicted molar refractivity (Wildman–Crippen MR) is 104 cm³/mol. The van der Waals surface area contributed by atoms with Crippen LogP contribution in [0.4, 0.5) is 11.8 Å². The Morgan fingerprint density at radius 2 is 2.15 bits per heavy atom. The number of carbonyl (C=O) groups is 1. The van der Waals surface area contributed by atoms with Crippen molar-refractivity contribution < 1.29 is 14.6 Å². The molecule has 0 saturated heterocycles. The molecule has 144 valence electrons. The van der Waals surface area contributed by atoms with Crippen LogP contribution in [0, 0.1) is 0 Å². The third-order valence-electron chi connectivity index (χ3n) is 4.74. The van der Waals surface area contributed by atoms with E-state index in [4.69, 9.17) is 4.74 Å². The van der Waals surface area contributed by atoms with Gasteiger partial charge in [0.25, 0.3) is 0 Å². The molecule has 1 atom stereocenters. The van der Waals surface area contributed by atoms with Crippen LogP contribution in [0.25, 0.3) is 0 Å². The molecule has 27 heavy (non-hydrogen) atoms. The van der Waals surface area contributed by atoms with Gasteiger partial charge in [-0.05, 0) is 43.0 Å². The van der Waals surface area contributed by atoms with Gasteiger partial charge in [-0.2, -0.15) is 4.98 Å². The Morgan fingerprint density at radius 1 is 1.33 bits per heavy atom. The molecule has 1 aliphatic rings. The molecule has 1 aromatic heterocycles. The normalized spacial score (nSPS) is 14.4. The number of rotatable bonds is 6. The molecule has 0 saturated carbocycles. The van der Waals surface area contributed by atoms with Gasteiger partial charge >= 0.3 is 5.97 Å². The van der Waals surface area contributed by atoms with E-state index in [1.54, 1.807) is 0 Å². The maximum Gasteiger partial charge on any atom is 0.337 e. The van der Waals surface area contributed by atoms with E-state index < -0.39 is 0 Å². The molecule has 1 aromatic carbocycles. The quantitative estimate of drug-likeness (QED) is 0.754. The summed E-state index contributed by atoms with van der Waals surface area (Å²) in [7, 11) is 1.40. The molecule has 7 nitrogen and oxygen atoms in total. The maximum atomic E-state index is 11.7. The number of anilines is 2. The van der Waals surface area contributed by atoms with Crippen molar-refractivity contribution in [3.63, 3.8) is 0 Å². The fourth-order valence-electron chi connectivity index (χ4n) is 3.15. The topological polar surface area (TPSA) is 87.6 Å². The lowest BCUT2D eigenvalue weighted by atomic mass is 9.97. The number of esters is 1. The number of methoxy groups -OCH3 is 1. The number of fused-ring (bicyclic) bond motifs is 1. The number of hydrogen-bond donors (Lipinski definition) is 2. The molecule has 0 radical (unpaired) electrons. The van der Waals surface area contributed by atoms with Gasteiger partial charge in [0.05, 0.1) is 19.3 Å². The fraction of sp³-hybridized carbons (Fsp3) is 0.450. The number of ether oxygens (including phenoxy) is 1. The van der Waals surface area contributed by atoms with Crippen molar-refractivity contribution in [2.24, 2.45) is 0 Å². The minimum Gasteiger partial charge on any atom is -0.465 e. The van der Waals surface area contributed by atoms with E-state index in [1.165, 1.54) is 18.2 Å². The predicted octanol–water partition coefficient (Wildman–Crippen LogP) is 2.18. The van der Waals surface area contributed by atoms with Gasteiger partial charge in [-0.1, -0.05) is 13.0 Å². The first kappa shape index (κ1) is 19.1. The van der Waals surface area contributed by atoms with E-state index in [-0.39, 0.29) is 18.6 Å². The Labute approximate surface area is 159 Å². The molecule has 1 aliphatic heterocycles. The van der Waals surface area contributed by atoms with Crippen molar-refractivity contribution in [2.45, 2.75) is 39.3 Å². The second kappa shape index (κ2) is 8.35. The number of benzene rings is 1. The SMILES string of the molecule is CCc1cc(N2CCc3cc(C(=O)OC)ccc3C2)nc(N[C@H](C)CO)n1. The summed E-state index contributed by atoms with van der Waals surface area (Å²) >= 11 is 0. The number of hydrogen-bond acceptors (Lipinski definition) is 7. The van der Waals surface area contributed by atoms with Crippen molar-refractivity contribution in [3.8, 4) is 0 Å². The average Bonchev–Trinajstić information content (AvgIpc) is 2.71. The average molecular weight is 370 g/mol. The summed E-state index contributed by atoms with van der Waals surface area (Å²) < 4.78 is 4.81. The largest absolute Gasteiger partial charge is 0.465 e. The second-order valence-corrected chi connectivity index (χ2v) is 6.77. The Morgan fingerprint density at radius 3 is 2.85 bits per heavy atom. The summed E-state index contributed by atoms with van der Waals surface area (Å²) in [5.41, 5.74) is 3.90. The van der Waals surface area contributed by atoms with Crippen LogP contribution < -0.4 is 10.2 Å². The molecule has 0 amide bonds.